The standard InChI is InChI=1S/C34H30F2N4O5S/c1-4-28(41)39-10-11-40-26(19(39)2)18-25(38-40)33-31(30-24(36)16-22(35)17-27(30)45-13-12-44-3)34-23(9-14-46-34)32(37-33)21-7-5-20(6-8-21)15-29(42)43/h4-9,14,16-19H,1,10-13,15H2,2-3H3,(H,42,43)/t19-/m1/s1. The minimum Gasteiger partial charge on any atom is -0.490 e. The van der Waals surface area contributed by atoms with E-state index in [0.717, 1.165) is 28.8 Å². The molecule has 2 aromatic carbocycles. The molecule has 1 N–H and O–H groups in total. The van der Waals surface area contributed by atoms with E-state index >= 15 is 4.39 Å². The highest BCUT2D eigenvalue weighted by Crippen LogP contribution is 2.47. The molecule has 236 valence electrons. The van der Waals surface area contributed by atoms with E-state index in [2.05, 4.69) is 6.58 Å². The highest BCUT2D eigenvalue weighted by molar-refractivity contribution is 7.18. The molecular weight excluding hydrogens is 614 g/mol. The predicted molar refractivity (Wildman–Crippen MR) is 171 cm³/mol. The third kappa shape index (κ3) is 5.77. The van der Waals surface area contributed by atoms with Crippen molar-refractivity contribution in [3.8, 4) is 39.5 Å². The number of hydrogen-bond acceptors (Lipinski definition) is 7. The van der Waals surface area contributed by atoms with Gasteiger partial charge >= 0.3 is 5.97 Å². The number of amides is 1. The Labute approximate surface area is 267 Å². The maximum atomic E-state index is 16.0. The second-order valence-corrected chi connectivity index (χ2v) is 11.7. The molecule has 4 heterocycles. The SMILES string of the molecule is C=CC(=O)N1CCn2nc(-c3nc(-c4ccc(CC(=O)O)cc4)c4ccsc4c3-c3c(F)cc(F)cc3OCCOC)cc2[C@H]1C. The molecule has 0 spiro atoms. The smallest absolute Gasteiger partial charge is 0.307 e. The molecule has 0 unspecified atom stereocenters. The first-order valence-electron chi connectivity index (χ1n) is 14.5. The van der Waals surface area contributed by atoms with Crippen LogP contribution in [0.15, 0.2) is 66.6 Å². The topological polar surface area (TPSA) is 107 Å². The minimum absolute atomic E-state index is 0.00170. The van der Waals surface area contributed by atoms with Gasteiger partial charge in [-0.05, 0) is 36.1 Å². The van der Waals surface area contributed by atoms with Crippen LogP contribution in [0, 0.1) is 11.6 Å². The van der Waals surface area contributed by atoms with E-state index in [9.17, 15) is 19.1 Å². The molecule has 0 aliphatic carbocycles. The van der Waals surface area contributed by atoms with Gasteiger partial charge in [-0.3, -0.25) is 14.3 Å². The Hall–Kier alpha value is -4.94. The average molecular weight is 645 g/mol. The zero-order valence-corrected chi connectivity index (χ0v) is 25.9. The largest absolute Gasteiger partial charge is 0.490 e. The number of nitrogens with zero attached hydrogens (tertiary/aromatic N) is 4. The quantitative estimate of drug-likeness (QED) is 0.136. The molecule has 0 saturated carbocycles. The second kappa shape index (κ2) is 12.8. The van der Waals surface area contributed by atoms with Crippen LogP contribution < -0.4 is 4.74 Å². The molecule has 0 fully saturated rings. The van der Waals surface area contributed by atoms with Crippen molar-refractivity contribution >= 4 is 33.3 Å². The van der Waals surface area contributed by atoms with Gasteiger partial charge in [0.2, 0.25) is 5.91 Å². The van der Waals surface area contributed by atoms with Crippen molar-refractivity contribution in [1.29, 1.82) is 0 Å². The van der Waals surface area contributed by atoms with Gasteiger partial charge in [0.05, 0.1) is 42.6 Å². The van der Waals surface area contributed by atoms with E-state index in [1.165, 1.54) is 24.5 Å². The third-order valence-electron chi connectivity index (χ3n) is 7.96. The first-order chi connectivity index (χ1) is 22.2. The summed E-state index contributed by atoms with van der Waals surface area (Å²) in [6.45, 7) is 6.66. The van der Waals surface area contributed by atoms with E-state index in [1.807, 2.05) is 29.1 Å². The predicted octanol–water partition coefficient (Wildman–Crippen LogP) is 6.51. The first-order valence-corrected chi connectivity index (χ1v) is 15.4. The Bertz CT molecular complexity index is 1970. The Morgan fingerprint density at radius 3 is 2.59 bits per heavy atom. The molecule has 6 rings (SSSR count). The summed E-state index contributed by atoms with van der Waals surface area (Å²) < 4.78 is 44.0. The number of hydrogen-bond donors (Lipinski definition) is 1. The third-order valence-corrected chi connectivity index (χ3v) is 8.90. The number of thiophene rings is 1. The number of pyridine rings is 1. The van der Waals surface area contributed by atoms with E-state index < -0.39 is 17.6 Å². The summed E-state index contributed by atoms with van der Waals surface area (Å²) in [5.41, 5.74) is 3.93. The number of ether oxygens (including phenoxy) is 2. The minimum atomic E-state index is -0.936. The van der Waals surface area contributed by atoms with Crippen molar-refractivity contribution in [1.82, 2.24) is 19.7 Å². The molecule has 1 atom stereocenters. The molecule has 5 aromatic rings. The average Bonchev–Trinajstić information content (AvgIpc) is 3.69. The molecule has 3 aromatic heterocycles. The van der Waals surface area contributed by atoms with Gasteiger partial charge in [0.15, 0.2) is 0 Å². The Morgan fingerprint density at radius 2 is 1.87 bits per heavy atom. The maximum absolute atomic E-state index is 16.0. The number of carboxylic acids is 1. The zero-order chi connectivity index (χ0) is 32.5. The first kappa shape index (κ1) is 31.1. The summed E-state index contributed by atoms with van der Waals surface area (Å²) in [5, 5.41) is 16.7. The van der Waals surface area contributed by atoms with E-state index in [1.54, 1.807) is 29.2 Å². The van der Waals surface area contributed by atoms with Crippen LogP contribution in [0.2, 0.25) is 0 Å². The Kier molecular flexibility index (Phi) is 8.65. The lowest BCUT2D eigenvalue weighted by molar-refractivity contribution is -0.136. The Morgan fingerprint density at radius 1 is 1.09 bits per heavy atom. The summed E-state index contributed by atoms with van der Waals surface area (Å²) in [6.07, 6.45) is 1.16. The van der Waals surface area contributed by atoms with Crippen LogP contribution in [0.3, 0.4) is 0 Å². The number of halogens is 2. The van der Waals surface area contributed by atoms with Crippen molar-refractivity contribution in [2.75, 3.05) is 26.9 Å². The van der Waals surface area contributed by atoms with Gasteiger partial charge < -0.3 is 19.5 Å². The molecule has 46 heavy (non-hydrogen) atoms. The Balaban J connectivity index is 1.60. The van der Waals surface area contributed by atoms with Gasteiger partial charge in [-0.1, -0.05) is 30.8 Å². The molecule has 0 radical (unpaired) electrons. The number of aliphatic carboxylic acids is 1. The molecule has 1 amide bonds. The highest BCUT2D eigenvalue weighted by Gasteiger charge is 2.31. The van der Waals surface area contributed by atoms with Gasteiger partial charge in [0.25, 0.3) is 0 Å². The van der Waals surface area contributed by atoms with Crippen molar-refractivity contribution in [2.24, 2.45) is 0 Å². The number of aromatic nitrogens is 3. The molecule has 1 aliphatic rings. The zero-order valence-electron chi connectivity index (χ0n) is 25.1. The van der Waals surface area contributed by atoms with Gasteiger partial charge in [0, 0.05) is 47.0 Å². The lowest BCUT2D eigenvalue weighted by atomic mass is 9.96. The lowest BCUT2D eigenvalue weighted by Crippen LogP contribution is -2.40. The summed E-state index contributed by atoms with van der Waals surface area (Å²) in [4.78, 5) is 30.6. The van der Waals surface area contributed by atoms with Crippen LogP contribution in [-0.2, 0) is 27.3 Å². The monoisotopic (exact) mass is 644 g/mol. The molecule has 1 aliphatic heterocycles. The molecule has 0 saturated heterocycles. The number of carboxylic acid groups (broad SMARTS) is 1. The van der Waals surface area contributed by atoms with Crippen LogP contribution in [0.4, 0.5) is 8.78 Å². The van der Waals surface area contributed by atoms with Crippen molar-refractivity contribution in [3.63, 3.8) is 0 Å². The van der Waals surface area contributed by atoms with Gasteiger partial charge in [0.1, 0.15) is 35.4 Å². The fraction of sp³-hybridized carbons (Fsp3) is 0.235. The summed E-state index contributed by atoms with van der Waals surface area (Å²) in [7, 11) is 1.51. The molecular formula is C34H30F2N4O5S. The number of methoxy groups -OCH3 is 1. The van der Waals surface area contributed by atoms with E-state index in [-0.39, 0.29) is 42.9 Å². The second-order valence-electron chi connectivity index (χ2n) is 10.8. The van der Waals surface area contributed by atoms with Crippen molar-refractivity contribution in [3.05, 3.63) is 89.5 Å². The summed E-state index contributed by atoms with van der Waals surface area (Å²) in [5.74, 6) is -2.75. The van der Waals surface area contributed by atoms with Gasteiger partial charge in [-0.25, -0.2) is 13.8 Å². The van der Waals surface area contributed by atoms with Crippen LogP contribution in [0.5, 0.6) is 5.75 Å². The normalized spacial score (nSPS) is 14.3. The number of benzene rings is 2. The fourth-order valence-corrected chi connectivity index (χ4v) is 6.74. The number of rotatable bonds is 10. The van der Waals surface area contributed by atoms with Crippen LogP contribution in [0.25, 0.3) is 43.9 Å². The van der Waals surface area contributed by atoms with E-state index in [0.29, 0.717) is 46.0 Å². The number of carbonyl (C=O) groups is 2. The van der Waals surface area contributed by atoms with Gasteiger partial charge in [-0.15, -0.1) is 11.3 Å². The molecule has 12 heteroatoms. The van der Waals surface area contributed by atoms with Crippen LogP contribution >= 0.6 is 11.3 Å². The molecule has 0 bridgehead atoms. The van der Waals surface area contributed by atoms with E-state index in [4.69, 9.17) is 19.6 Å². The molecule has 9 nitrogen and oxygen atoms in total. The highest BCUT2D eigenvalue weighted by atomic mass is 32.1. The lowest BCUT2D eigenvalue weighted by Gasteiger charge is -2.33. The summed E-state index contributed by atoms with van der Waals surface area (Å²) >= 11 is 1.37. The van der Waals surface area contributed by atoms with Crippen LogP contribution in [-0.4, -0.2) is 63.5 Å². The van der Waals surface area contributed by atoms with Crippen LogP contribution in [0.1, 0.15) is 24.2 Å². The maximum Gasteiger partial charge on any atom is 0.307 e. The van der Waals surface area contributed by atoms with Crippen molar-refractivity contribution < 1.29 is 33.0 Å². The fourth-order valence-electron chi connectivity index (χ4n) is 5.80. The number of carbonyl (C=O) groups excluding carboxylic acids is 1. The summed E-state index contributed by atoms with van der Waals surface area (Å²) in [6, 6.07) is 12.4. The van der Waals surface area contributed by atoms with Crippen molar-refractivity contribution in [2.45, 2.75) is 25.9 Å². The number of fused-ring (bicyclic) bond motifs is 2. The van der Waals surface area contributed by atoms with Gasteiger partial charge in [-0.2, -0.15) is 5.10 Å².